The average Bonchev–Trinajstić information content (AvgIpc) is 2.74. The molecule has 2 amide bonds. The first-order chi connectivity index (χ1) is 14.7. The zero-order valence-electron chi connectivity index (χ0n) is 16.8. The third kappa shape index (κ3) is 5.42. The predicted octanol–water partition coefficient (Wildman–Crippen LogP) is 4.38. The average molecular weight is 458 g/mol. The zero-order valence-corrected chi connectivity index (χ0v) is 18.4. The molecule has 3 aromatic carbocycles. The topological polar surface area (TPSA) is 95.6 Å². The third-order valence-corrected chi connectivity index (χ3v) is 6.48. The minimum atomic E-state index is -3.76. The number of anilines is 3. The normalized spacial score (nSPS) is 10.9. The summed E-state index contributed by atoms with van der Waals surface area (Å²) in [5.74, 6) is -0.526. The first kappa shape index (κ1) is 22.3. The Kier molecular flexibility index (Phi) is 6.62. The Morgan fingerprint density at radius 2 is 1.32 bits per heavy atom. The van der Waals surface area contributed by atoms with Gasteiger partial charge >= 0.3 is 0 Å². The van der Waals surface area contributed by atoms with Crippen molar-refractivity contribution in [3.63, 3.8) is 0 Å². The Morgan fingerprint density at radius 3 is 1.84 bits per heavy atom. The van der Waals surface area contributed by atoms with Crippen LogP contribution in [0.1, 0.15) is 17.3 Å². The lowest BCUT2D eigenvalue weighted by Gasteiger charge is -2.20. The summed E-state index contributed by atoms with van der Waals surface area (Å²) < 4.78 is 26.7. The molecule has 0 atom stereocenters. The summed E-state index contributed by atoms with van der Waals surface area (Å²) in [5, 5.41) is 5.85. The van der Waals surface area contributed by atoms with Crippen LogP contribution in [0.2, 0.25) is 5.02 Å². The molecule has 0 saturated carbocycles. The highest BCUT2D eigenvalue weighted by atomic mass is 35.5. The fraction of sp³-hybridized carbons (Fsp3) is 0.0909. The van der Waals surface area contributed by atoms with Gasteiger partial charge in [-0.25, -0.2) is 8.42 Å². The van der Waals surface area contributed by atoms with Crippen molar-refractivity contribution in [1.29, 1.82) is 0 Å². The maximum Gasteiger partial charge on any atom is 0.264 e. The van der Waals surface area contributed by atoms with Crippen molar-refractivity contribution in [3.8, 4) is 0 Å². The van der Waals surface area contributed by atoms with Gasteiger partial charge in [-0.1, -0.05) is 11.6 Å². The first-order valence-corrected chi connectivity index (χ1v) is 11.0. The number of rotatable bonds is 6. The van der Waals surface area contributed by atoms with Crippen LogP contribution in [-0.4, -0.2) is 27.3 Å². The van der Waals surface area contributed by atoms with Crippen LogP contribution < -0.4 is 14.9 Å². The van der Waals surface area contributed by atoms with Gasteiger partial charge in [-0.2, -0.15) is 0 Å². The smallest absolute Gasteiger partial charge is 0.264 e. The molecule has 0 aliphatic rings. The molecular formula is C22H20ClN3O4S. The van der Waals surface area contributed by atoms with Crippen molar-refractivity contribution >= 4 is 50.5 Å². The quantitative estimate of drug-likeness (QED) is 0.574. The molecule has 0 bridgehead atoms. The second-order valence-electron chi connectivity index (χ2n) is 6.69. The van der Waals surface area contributed by atoms with Crippen LogP contribution in [0.5, 0.6) is 0 Å². The fourth-order valence-electron chi connectivity index (χ4n) is 2.77. The Hall–Kier alpha value is -3.36. The van der Waals surface area contributed by atoms with Crippen LogP contribution in [0.3, 0.4) is 0 Å². The molecule has 0 unspecified atom stereocenters. The van der Waals surface area contributed by atoms with Gasteiger partial charge in [-0.15, -0.1) is 0 Å². The number of nitrogens with zero attached hydrogens (tertiary/aromatic N) is 1. The van der Waals surface area contributed by atoms with E-state index in [0.29, 0.717) is 27.6 Å². The fourth-order valence-corrected chi connectivity index (χ4v) is 4.09. The third-order valence-electron chi connectivity index (χ3n) is 4.43. The molecular weight excluding hydrogens is 438 g/mol. The van der Waals surface area contributed by atoms with Gasteiger partial charge in [0.2, 0.25) is 5.91 Å². The van der Waals surface area contributed by atoms with E-state index >= 15 is 0 Å². The van der Waals surface area contributed by atoms with Crippen molar-refractivity contribution in [3.05, 3.63) is 83.4 Å². The Bertz CT molecular complexity index is 1190. The minimum Gasteiger partial charge on any atom is -0.326 e. The van der Waals surface area contributed by atoms with Crippen molar-refractivity contribution in [2.45, 2.75) is 11.8 Å². The van der Waals surface area contributed by atoms with Crippen molar-refractivity contribution in [2.24, 2.45) is 0 Å². The number of sulfonamides is 1. The Balaban J connectivity index is 1.71. The van der Waals surface area contributed by atoms with Crippen molar-refractivity contribution < 1.29 is 18.0 Å². The summed E-state index contributed by atoms with van der Waals surface area (Å²) in [6.45, 7) is 1.41. The van der Waals surface area contributed by atoms with Crippen LogP contribution in [0.15, 0.2) is 77.7 Å². The minimum absolute atomic E-state index is 0.115. The van der Waals surface area contributed by atoms with Gasteiger partial charge in [-0.05, 0) is 72.8 Å². The number of hydrogen-bond donors (Lipinski definition) is 2. The molecule has 0 heterocycles. The van der Waals surface area contributed by atoms with Crippen LogP contribution in [-0.2, 0) is 14.8 Å². The molecule has 31 heavy (non-hydrogen) atoms. The van der Waals surface area contributed by atoms with Crippen LogP contribution in [0.4, 0.5) is 17.1 Å². The van der Waals surface area contributed by atoms with Gasteiger partial charge in [0.1, 0.15) is 0 Å². The summed E-state index contributed by atoms with van der Waals surface area (Å²) in [6.07, 6.45) is 0. The monoisotopic (exact) mass is 457 g/mol. The van der Waals surface area contributed by atoms with Gasteiger partial charge in [-0.3, -0.25) is 13.9 Å². The SMILES string of the molecule is CC(=O)Nc1ccc(NC(=O)c2ccc(N(C)S(=O)(=O)c3ccc(Cl)cc3)cc2)cc1. The number of carbonyl (C=O) groups is 2. The van der Waals surface area contributed by atoms with Gasteiger partial charge in [0, 0.05) is 35.9 Å². The van der Waals surface area contributed by atoms with Gasteiger partial charge in [0.25, 0.3) is 15.9 Å². The largest absolute Gasteiger partial charge is 0.326 e. The summed E-state index contributed by atoms with van der Waals surface area (Å²) in [6, 6.07) is 18.8. The highest BCUT2D eigenvalue weighted by Crippen LogP contribution is 2.24. The van der Waals surface area contributed by atoms with E-state index in [9.17, 15) is 18.0 Å². The van der Waals surface area contributed by atoms with E-state index in [1.54, 1.807) is 48.5 Å². The molecule has 0 aromatic heterocycles. The molecule has 0 saturated heterocycles. The second-order valence-corrected chi connectivity index (χ2v) is 9.09. The number of hydrogen-bond acceptors (Lipinski definition) is 4. The molecule has 9 heteroatoms. The van der Waals surface area contributed by atoms with E-state index in [1.807, 2.05) is 0 Å². The molecule has 0 aliphatic heterocycles. The summed E-state index contributed by atoms with van der Waals surface area (Å²) in [4.78, 5) is 23.7. The predicted molar refractivity (Wildman–Crippen MR) is 122 cm³/mol. The maximum atomic E-state index is 12.8. The van der Waals surface area contributed by atoms with Crippen LogP contribution in [0, 0.1) is 0 Å². The Labute approximate surface area is 185 Å². The lowest BCUT2D eigenvalue weighted by Crippen LogP contribution is -2.26. The second kappa shape index (κ2) is 9.20. The van der Waals surface area contributed by atoms with Gasteiger partial charge in [0.05, 0.1) is 10.6 Å². The standard InChI is InChI=1S/C22H20ClN3O4S/c1-15(27)24-18-7-9-19(10-8-18)25-22(28)16-3-11-20(12-4-16)26(2)31(29,30)21-13-5-17(23)6-14-21/h3-14H,1-2H3,(H,24,27)(H,25,28). The van der Waals surface area contributed by atoms with Crippen molar-refractivity contribution in [1.82, 2.24) is 0 Å². The highest BCUT2D eigenvalue weighted by Gasteiger charge is 2.21. The van der Waals surface area contributed by atoms with Gasteiger partial charge < -0.3 is 10.6 Å². The van der Waals surface area contributed by atoms with E-state index < -0.39 is 10.0 Å². The van der Waals surface area contributed by atoms with E-state index in [-0.39, 0.29) is 16.7 Å². The lowest BCUT2D eigenvalue weighted by atomic mass is 10.2. The molecule has 3 rings (SSSR count). The summed E-state index contributed by atoms with van der Waals surface area (Å²) >= 11 is 5.83. The molecule has 2 N–H and O–H groups in total. The van der Waals surface area contributed by atoms with E-state index in [4.69, 9.17) is 11.6 Å². The molecule has 0 radical (unpaired) electrons. The van der Waals surface area contributed by atoms with Gasteiger partial charge in [0.15, 0.2) is 0 Å². The molecule has 3 aromatic rings. The van der Waals surface area contributed by atoms with Crippen LogP contribution in [0.25, 0.3) is 0 Å². The molecule has 0 fully saturated rings. The highest BCUT2D eigenvalue weighted by molar-refractivity contribution is 7.92. The summed E-state index contributed by atoms with van der Waals surface area (Å²) in [7, 11) is -2.32. The molecule has 0 spiro atoms. The number of amides is 2. The number of benzene rings is 3. The number of nitrogens with one attached hydrogen (secondary N) is 2. The summed E-state index contributed by atoms with van der Waals surface area (Å²) in [5.41, 5.74) is 1.96. The molecule has 160 valence electrons. The first-order valence-electron chi connectivity index (χ1n) is 9.20. The van der Waals surface area contributed by atoms with E-state index in [2.05, 4.69) is 10.6 Å². The number of halogens is 1. The van der Waals surface area contributed by atoms with E-state index in [1.165, 1.54) is 38.2 Å². The number of carbonyl (C=O) groups excluding carboxylic acids is 2. The maximum absolute atomic E-state index is 12.8. The zero-order chi connectivity index (χ0) is 22.6. The molecule has 0 aliphatic carbocycles. The molecule has 7 nitrogen and oxygen atoms in total. The Morgan fingerprint density at radius 1 is 0.806 bits per heavy atom. The van der Waals surface area contributed by atoms with Crippen molar-refractivity contribution in [2.75, 3.05) is 22.0 Å². The van der Waals surface area contributed by atoms with Crippen LogP contribution >= 0.6 is 11.6 Å². The van der Waals surface area contributed by atoms with E-state index in [0.717, 1.165) is 4.31 Å². The lowest BCUT2D eigenvalue weighted by molar-refractivity contribution is -0.114.